The smallest absolute Gasteiger partial charge is 0.237 e. The molecule has 41 heavy (non-hydrogen) atoms. The number of nitrogens with zero attached hydrogens (tertiary/aromatic N) is 5. The number of sulfonamides is 1. The summed E-state index contributed by atoms with van der Waals surface area (Å²) in [5.41, 5.74) is 0.645. The summed E-state index contributed by atoms with van der Waals surface area (Å²) in [4.78, 5) is 35.7. The first-order valence-electron chi connectivity index (χ1n) is 13.7. The molecule has 3 aliphatic rings. The summed E-state index contributed by atoms with van der Waals surface area (Å²) in [6.45, 7) is 3.36. The molecule has 216 valence electrons. The van der Waals surface area contributed by atoms with Crippen LogP contribution in [-0.4, -0.2) is 70.1 Å². The van der Waals surface area contributed by atoms with E-state index in [-0.39, 0.29) is 11.9 Å². The topological polar surface area (TPSA) is 167 Å². The van der Waals surface area contributed by atoms with E-state index < -0.39 is 26.5 Å². The van der Waals surface area contributed by atoms with Crippen molar-refractivity contribution >= 4 is 27.7 Å². The summed E-state index contributed by atoms with van der Waals surface area (Å²) in [6, 6.07) is 5.14. The van der Waals surface area contributed by atoms with E-state index in [9.17, 15) is 13.2 Å². The number of aromatic nitrogens is 5. The van der Waals surface area contributed by atoms with Gasteiger partial charge in [-0.25, -0.2) is 28.4 Å². The van der Waals surface area contributed by atoms with E-state index in [4.69, 9.17) is 14.2 Å². The van der Waals surface area contributed by atoms with Gasteiger partial charge in [-0.05, 0) is 50.8 Å². The van der Waals surface area contributed by atoms with Gasteiger partial charge in [0, 0.05) is 30.8 Å². The number of nitrogens with one attached hydrogen (secondary N) is 2. The Morgan fingerprint density at radius 3 is 2.49 bits per heavy atom. The van der Waals surface area contributed by atoms with Crippen molar-refractivity contribution in [2.75, 3.05) is 29.9 Å². The lowest BCUT2D eigenvalue weighted by Crippen LogP contribution is -2.49. The second kappa shape index (κ2) is 10.9. The minimum Gasteiger partial charge on any atom is -0.477 e. The van der Waals surface area contributed by atoms with Crippen molar-refractivity contribution in [1.29, 1.82) is 0 Å². The Morgan fingerprint density at radius 1 is 1.02 bits per heavy atom. The van der Waals surface area contributed by atoms with Crippen molar-refractivity contribution in [2.24, 2.45) is 0 Å². The van der Waals surface area contributed by atoms with Crippen molar-refractivity contribution in [3.63, 3.8) is 0 Å². The SMILES string of the molecule is CCOc1cncc(-c2ccc(NC(=O)C3(c4ccnc(NS(=O)(=O)C5CC5)n4)CCC4(CC3)OCCO4)nc2)n1. The maximum absolute atomic E-state index is 14.0. The van der Waals surface area contributed by atoms with Crippen molar-refractivity contribution in [1.82, 2.24) is 24.9 Å². The Labute approximate surface area is 237 Å². The number of rotatable bonds is 9. The lowest BCUT2D eigenvalue weighted by Gasteiger charge is -2.42. The lowest BCUT2D eigenvalue weighted by molar-refractivity contribution is -0.186. The molecule has 1 aliphatic heterocycles. The summed E-state index contributed by atoms with van der Waals surface area (Å²) in [5, 5.41) is 2.51. The van der Waals surface area contributed by atoms with Crippen molar-refractivity contribution in [3.8, 4) is 17.1 Å². The van der Waals surface area contributed by atoms with Crippen LogP contribution in [0.25, 0.3) is 11.3 Å². The predicted octanol–water partition coefficient (Wildman–Crippen LogP) is 2.83. The van der Waals surface area contributed by atoms with Gasteiger partial charge in [-0.3, -0.25) is 14.5 Å². The van der Waals surface area contributed by atoms with Gasteiger partial charge in [-0.1, -0.05) is 0 Å². The molecule has 1 amide bonds. The molecular weight excluding hydrogens is 550 g/mol. The fourth-order valence-electron chi connectivity index (χ4n) is 5.27. The molecule has 3 fully saturated rings. The first-order valence-corrected chi connectivity index (χ1v) is 15.2. The Morgan fingerprint density at radius 2 is 1.80 bits per heavy atom. The fraction of sp³-hybridized carbons (Fsp3) is 0.481. The number of hydrogen-bond acceptors (Lipinski definition) is 11. The number of anilines is 2. The number of carbonyl (C=O) groups is 1. The molecule has 1 saturated heterocycles. The average Bonchev–Trinajstić information content (AvgIpc) is 3.76. The van der Waals surface area contributed by atoms with Gasteiger partial charge in [-0.2, -0.15) is 0 Å². The van der Waals surface area contributed by atoms with Crippen molar-refractivity contribution in [3.05, 3.63) is 48.7 Å². The zero-order chi connectivity index (χ0) is 28.5. The number of amides is 1. The molecule has 14 heteroatoms. The highest BCUT2D eigenvalue weighted by molar-refractivity contribution is 7.93. The van der Waals surface area contributed by atoms with Gasteiger partial charge in [0.25, 0.3) is 0 Å². The minimum atomic E-state index is -3.57. The minimum absolute atomic E-state index is 0.0481. The normalized spacial score (nSPS) is 19.5. The summed E-state index contributed by atoms with van der Waals surface area (Å²) in [6.07, 6.45) is 9.17. The van der Waals surface area contributed by atoms with Gasteiger partial charge < -0.3 is 19.5 Å². The molecule has 4 heterocycles. The van der Waals surface area contributed by atoms with Crippen LogP contribution in [0.5, 0.6) is 5.88 Å². The lowest BCUT2D eigenvalue weighted by atomic mass is 9.69. The molecule has 0 radical (unpaired) electrons. The van der Waals surface area contributed by atoms with Gasteiger partial charge in [0.15, 0.2) is 5.79 Å². The van der Waals surface area contributed by atoms with Gasteiger partial charge in [0.1, 0.15) is 5.82 Å². The van der Waals surface area contributed by atoms with E-state index in [1.165, 1.54) is 6.20 Å². The highest BCUT2D eigenvalue weighted by atomic mass is 32.2. The van der Waals surface area contributed by atoms with E-state index in [0.717, 1.165) is 0 Å². The number of carbonyl (C=O) groups excluding carboxylic acids is 1. The molecule has 0 bridgehead atoms. The third kappa shape index (κ3) is 5.72. The summed E-state index contributed by atoms with van der Waals surface area (Å²) < 4.78 is 44.8. The van der Waals surface area contributed by atoms with Gasteiger partial charge in [0.2, 0.25) is 27.8 Å². The van der Waals surface area contributed by atoms with Crippen molar-refractivity contribution in [2.45, 2.75) is 61.9 Å². The molecule has 3 aromatic heterocycles. The summed E-state index contributed by atoms with van der Waals surface area (Å²) in [5.74, 6) is -0.307. The molecule has 0 unspecified atom stereocenters. The molecule has 0 atom stereocenters. The maximum atomic E-state index is 14.0. The van der Waals surface area contributed by atoms with E-state index in [1.54, 1.807) is 36.8 Å². The maximum Gasteiger partial charge on any atom is 0.237 e. The van der Waals surface area contributed by atoms with Crippen LogP contribution in [0.3, 0.4) is 0 Å². The largest absolute Gasteiger partial charge is 0.477 e. The average molecular weight is 582 g/mol. The fourth-order valence-corrected chi connectivity index (χ4v) is 6.54. The standard InChI is InChI=1S/C27H31N7O6S/c1-2-38-23-17-28-16-20(31-23)18-3-6-22(30-15-18)33-24(35)26(8-10-27(11-9-26)39-13-14-40-27)21-7-12-29-25(32-21)34-41(36,37)19-4-5-19/h3,6-7,12,15-17,19H,2,4-5,8-11,13-14H2,1H3,(H,29,32,34)(H,30,33,35). The Bertz CT molecular complexity index is 1520. The van der Waals surface area contributed by atoms with Crippen LogP contribution in [-0.2, 0) is 29.7 Å². The second-order valence-electron chi connectivity index (χ2n) is 10.4. The monoisotopic (exact) mass is 581 g/mol. The third-order valence-electron chi connectivity index (χ3n) is 7.66. The molecule has 13 nitrogen and oxygen atoms in total. The molecule has 0 aromatic carbocycles. The quantitative estimate of drug-likeness (QED) is 0.381. The Kier molecular flexibility index (Phi) is 7.30. The highest BCUT2D eigenvalue weighted by Crippen LogP contribution is 2.46. The first-order chi connectivity index (χ1) is 19.8. The number of ether oxygens (including phenoxy) is 3. The molecule has 2 N–H and O–H groups in total. The van der Waals surface area contributed by atoms with Crippen LogP contribution >= 0.6 is 0 Å². The van der Waals surface area contributed by atoms with Gasteiger partial charge >= 0.3 is 0 Å². The summed E-state index contributed by atoms with van der Waals surface area (Å²) >= 11 is 0. The van der Waals surface area contributed by atoms with E-state index in [0.29, 0.717) is 87.0 Å². The molecular formula is C27H31N7O6S. The van der Waals surface area contributed by atoms with E-state index in [1.807, 2.05) is 6.92 Å². The summed E-state index contributed by atoms with van der Waals surface area (Å²) in [7, 11) is -3.57. The van der Waals surface area contributed by atoms with Crippen LogP contribution in [0.2, 0.25) is 0 Å². The molecule has 6 rings (SSSR count). The van der Waals surface area contributed by atoms with E-state index >= 15 is 0 Å². The number of pyridine rings is 1. The molecule has 3 aromatic rings. The third-order valence-corrected chi connectivity index (χ3v) is 9.48. The highest BCUT2D eigenvalue weighted by Gasteiger charge is 2.52. The van der Waals surface area contributed by atoms with E-state index in [2.05, 4.69) is 35.0 Å². The molecule has 1 spiro atoms. The van der Waals surface area contributed by atoms with Crippen LogP contribution in [0.4, 0.5) is 11.8 Å². The van der Waals surface area contributed by atoms with Crippen LogP contribution in [0, 0.1) is 0 Å². The zero-order valence-electron chi connectivity index (χ0n) is 22.6. The Balaban J connectivity index is 1.25. The molecule has 2 saturated carbocycles. The van der Waals surface area contributed by atoms with Gasteiger partial charge in [-0.15, -0.1) is 0 Å². The molecule has 2 aliphatic carbocycles. The van der Waals surface area contributed by atoms with Crippen LogP contribution in [0.1, 0.15) is 51.1 Å². The van der Waals surface area contributed by atoms with Crippen molar-refractivity contribution < 1.29 is 27.4 Å². The van der Waals surface area contributed by atoms with Crippen LogP contribution < -0.4 is 14.8 Å². The van der Waals surface area contributed by atoms with Crippen LogP contribution in [0.15, 0.2) is 43.0 Å². The zero-order valence-corrected chi connectivity index (χ0v) is 23.4. The predicted molar refractivity (Wildman–Crippen MR) is 147 cm³/mol. The van der Waals surface area contributed by atoms with Gasteiger partial charge in [0.05, 0.1) is 54.3 Å². The first kappa shape index (κ1) is 27.4. The Hall–Kier alpha value is -3.75. The second-order valence-corrected chi connectivity index (χ2v) is 12.3. The number of hydrogen-bond donors (Lipinski definition) is 2.